The highest BCUT2D eigenvalue weighted by Gasteiger charge is 2.36. The van der Waals surface area contributed by atoms with Crippen LogP contribution < -0.4 is 11.5 Å². The molecule has 0 aliphatic rings. The van der Waals surface area contributed by atoms with Gasteiger partial charge < -0.3 is 16.4 Å². The fourth-order valence-electron chi connectivity index (χ4n) is 3.80. The van der Waals surface area contributed by atoms with Crippen molar-refractivity contribution in [3.63, 3.8) is 0 Å². The summed E-state index contributed by atoms with van der Waals surface area (Å²) in [5.74, 6) is 0.985. The lowest BCUT2D eigenvalue weighted by molar-refractivity contribution is 0.307. The lowest BCUT2D eigenvalue weighted by Gasteiger charge is -2.36. The van der Waals surface area contributed by atoms with Gasteiger partial charge in [-0.15, -0.1) is 11.8 Å². The fraction of sp³-hybridized carbons (Fsp3) is 0.280. The normalized spacial score (nSPS) is 11.7. The topological polar surface area (TPSA) is 55.3 Å². The first-order valence-corrected chi connectivity index (χ1v) is 11.2. The van der Waals surface area contributed by atoms with Crippen LogP contribution in [-0.4, -0.2) is 43.4 Å². The van der Waals surface area contributed by atoms with Crippen LogP contribution in [0, 0.1) is 0 Å². The molecule has 0 heterocycles. The number of rotatable bonds is 11. The summed E-state index contributed by atoms with van der Waals surface area (Å²) in [6.45, 7) is 4.05. The van der Waals surface area contributed by atoms with Gasteiger partial charge in [-0.1, -0.05) is 91.0 Å². The average molecular weight is 406 g/mol. The number of hydrogen-bond acceptors (Lipinski definition) is 4. The van der Waals surface area contributed by atoms with Crippen molar-refractivity contribution in [2.75, 3.05) is 38.5 Å². The van der Waals surface area contributed by atoms with E-state index in [4.69, 9.17) is 11.5 Å². The molecule has 0 aliphatic carbocycles. The summed E-state index contributed by atoms with van der Waals surface area (Å²) >= 11 is 1.99. The summed E-state index contributed by atoms with van der Waals surface area (Å²) in [4.78, 5) is 2.36. The van der Waals surface area contributed by atoms with Gasteiger partial charge >= 0.3 is 0 Å². The highest BCUT2D eigenvalue weighted by molar-refractivity contribution is 8.00. The molecule has 0 fully saturated rings. The monoisotopic (exact) mass is 405 g/mol. The van der Waals surface area contributed by atoms with Gasteiger partial charge in [0.2, 0.25) is 0 Å². The van der Waals surface area contributed by atoms with Crippen LogP contribution in [-0.2, 0) is 4.75 Å². The predicted octanol–water partition coefficient (Wildman–Crippen LogP) is 3.93. The van der Waals surface area contributed by atoms with Crippen LogP contribution in [0.3, 0.4) is 0 Å². The molecule has 0 saturated heterocycles. The maximum atomic E-state index is 5.80. The van der Waals surface area contributed by atoms with Gasteiger partial charge in [-0.2, -0.15) is 0 Å². The molecule has 3 aromatic rings. The number of nitrogens with two attached hydrogens (primary N) is 2. The average Bonchev–Trinajstić information content (AvgIpc) is 2.79. The number of thioether (sulfide) groups is 1. The van der Waals surface area contributed by atoms with Crippen molar-refractivity contribution < 1.29 is 0 Å². The van der Waals surface area contributed by atoms with E-state index in [1.54, 1.807) is 0 Å². The van der Waals surface area contributed by atoms with Crippen LogP contribution >= 0.6 is 11.8 Å². The Morgan fingerprint density at radius 3 is 1.31 bits per heavy atom. The van der Waals surface area contributed by atoms with E-state index in [0.29, 0.717) is 13.1 Å². The van der Waals surface area contributed by atoms with Crippen molar-refractivity contribution in [2.45, 2.75) is 4.75 Å². The van der Waals surface area contributed by atoms with Gasteiger partial charge in [-0.25, -0.2) is 0 Å². The summed E-state index contributed by atoms with van der Waals surface area (Å²) in [6, 6.07) is 32.5. The number of hydrogen-bond donors (Lipinski definition) is 2. The molecular weight excluding hydrogens is 374 g/mol. The molecule has 0 atom stereocenters. The molecule has 0 spiro atoms. The van der Waals surface area contributed by atoms with Gasteiger partial charge in [0.1, 0.15) is 0 Å². The number of nitrogens with zero attached hydrogens (tertiary/aromatic N) is 1. The first kappa shape index (κ1) is 21.6. The van der Waals surface area contributed by atoms with Crippen molar-refractivity contribution in [3.8, 4) is 0 Å². The predicted molar refractivity (Wildman–Crippen MR) is 126 cm³/mol. The van der Waals surface area contributed by atoms with Crippen molar-refractivity contribution in [2.24, 2.45) is 11.5 Å². The summed E-state index contributed by atoms with van der Waals surface area (Å²) in [6.07, 6.45) is 0. The Balaban J connectivity index is 2.01. The van der Waals surface area contributed by atoms with Crippen molar-refractivity contribution in [3.05, 3.63) is 108 Å². The van der Waals surface area contributed by atoms with Crippen LogP contribution in [0.4, 0.5) is 0 Å². The van der Waals surface area contributed by atoms with E-state index in [1.165, 1.54) is 16.7 Å². The molecule has 0 radical (unpaired) electrons. The van der Waals surface area contributed by atoms with Crippen LogP contribution in [0.15, 0.2) is 91.0 Å². The van der Waals surface area contributed by atoms with E-state index in [0.717, 1.165) is 25.4 Å². The smallest absolute Gasteiger partial charge is 0.0907 e. The molecule has 0 bridgehead atoms. The standard InChI is InChI=1S/C25H31N3S/c26-16-18-28(19-17-27)20-21-29-25(22-10-4-1-5-11-22,23-12-6-2-7-13-23)24-14-8-3-9-15-24/h1-15H,16-21,26-27H2. The van der Waals surface area contributed by atoms with Crippen molar-refractivity contribution in [1.82, 2.24) is 4.90 Å². The minimum Gasteiger partial charge on any atom is -0.329 e. The molecule has 29 heavy (non-hydrogen) atoms. The van der Waals surface area contributed by atoms with Crippen LogP contribution in [0.2, 0.25) is 0 Å². The van der Waals surface area contributed by atoms with E-state index >= 15 is 0 Å². The van der Waals surface area contributed by atoms with Gasteiger partial charge in [-0.05, 0) is 16.7 Å². The van der Waals surface area contributed by atoms with Crippen molar-refractivity contribution >= 4 is 11.8 Å². The quantitative estimate of drug-likeness (QED) is 0.475. The molecule has 0 saturated carbocycles. The SMILES string of the molecule is NCCN(CCN)CCSC(c1ccccc1)(c1ccccc1)c1ccccc1. The summed E-state index contributed by atoms with van der Waals surface area (Å²) < 4.78 is -0.263. The van der Waals surface area contributed by atoms with E-state index in [2.05, 4.69) is 95.9 Å². The highest BCUT2D eigenvalue weighted by atomic mass is 32.2. The Morgan fingerprint density at radius 1 is 0.586 bits per heavy atom. The Morgan fingerprint density at radius 2 is 0.966 bits per heavy atom. The second-order valence-corrected chi connectivity index (χ2v) is 8.36. The third-order valence-electron chi connectivity index (χ3n) is 5.16. The lowest BCUT2D eigenvalue weighted by atomic mass is 9.84. The van der Waals surface area contributed by atoms with E-state index in [-0.39, 0.29) is 4.75 Å². The summed E-state index contributed by atoms with van der Waals surface area (Å²) in [5, 5.41) is 0. The second kappa shape index (κ2) is 11.2. The fourth-order valence-corrected chi connectivity index (χ4v) is 5.36. The molecule has 4 heteroatoms. The second-order valence-electron chi connectivity index (χ2n) is 7.05. The Kier molecular flexibility index (Phi) is 8.32. The molecule has 0 aliphatic heterocycles. The third-order valence-corrected chi connectivity index (χ3v) is 6.68. The van der Waals surface area contributed by atoms with E-state index in [9.17, 15) is 0 Å². The van der Waals surface area contributed by atoms with Gasteiger partial charge in [-0.3, -0.25) is 0 Å². The van der Waals surface area contributed by atoms with Crippen LogP contribution in [0.1, 0.15) is 16.7 Å². The minimum atomic E-state index is -0.263. The zero-order valence-corrected chi connectivity index (χ0v) is 17.7. The lowest BCUT2D eigenvalue weighted by Crippen LogP contribution is -2.36. The molecule has 3 aromatic carbocycles. The molecule has 3 nitrogen and oxygen atoms in total. The molecule has 0 aromatic heterocycles. The van der Waals surface area contributed by atoms with Gasteiger partial charge in [0.15, 0.2) is 0 Å². The molecule has 0 unspecified atom stereocenters. The zero-order valence-electron chi connectivity index (χ0n) is 16.9. The number of benzene rings is 3. The van der Waals surface area contributed by atoms with Gasteiger partial charge in [0, 0.05) is 38.5 Å². The van der Waals surface area contributed by atoms with Crippen LogP contribution in [0.5, 0.6) is 0 Å². The molecule has 3 rings (SSSR count). The first-order chi connectivity index (χ1) is 14.3. The maximum absolute atomic E-state index is 5.80. The Hall–Kier alpha value is -2.11. The first-order valence-electron chi connectivity index (χ1n) is 10.2. The van der Waals surface area contributed by atoms with Crippen molar-refractivity contribution in [1.29, 1.82) is 0 Å². The van der Waals surface area contributed by atoms with E-state index in [1.807, 2.05) is 11.8 Å². The summed E-state index contributed by atoms with van der Waals surface area (Å²) in [5.41, 5.74) is 15.5. The van der Waals surface area contributed by atoms with E-state index < -0.39 is 0 Å². The molecular formula is C25H31N3S. The Bertz CT molecular complexity index is 722. The van der Waals surface area contributed by atoms with Crippen LogP contribution in [0.25, 0.3) is 0 Å². The molecule has 4 N–H and O–H groups in total. The largest absolute Gasteiger partial charge is 0.329 e. The van der Waals surface area contributed by atoms with Gasteiger partial charge in [0.05, 0.1) is 4.75 Å². The zero-order chi connectivity index (χ0) is 20.4. The molecule has 0 amide bonds. The third kappa shape index (κ3) is 5.28. The minimum absolute atomic E-state index is 0.263. The maximum Gasteiger partial charge on any atom is 0.0907 e. The molecule has 152 valence electrons. The highest BCUT2D eigenvalue weighted by Crippen LogP contribution is 2.48. The van der Waals surface area contributed by atoms with Gasteiger partial charge in [0.25, 0.3) is 0 Å². The summed E-state index contributed by atoms with van der Waals surface area (Å²) in [7, 11) is 0. The Labute approximate surface area is 179 Å².